The summed E-state index contributed by atoms with van der Waals surface area (Å²) < 4.78 is 39.9. The predicted molar refractivity (Wildman–Crippen MR) is 104 cm³/mol. The third-order valence-corrected chi connectivity index (χ3v) is 6.00. The Balaban J connectivity index is 1.80. The van der Waals surface area contributed by atoms with Crippen LogP contribution in [-0.4, -0.2) is 40.6 Å². The molecule has 2 atom stereocenters. The van der Waals surface area contributed by atoms with Crippen LogP contribution >= 0.6 is 0 Å². The van der Waals surface area contributed by atoms with Crippen LogP contribution in [0.25, 0.3) is 0 Å². The van der Waals surface area contributed by atoms with Gasteiger partial charge >= 0.3 is 11.9 Å². The van der Waals surface area contributed by atoms with Crippen molar-refractivity contribution in [3.05, 3.63) is 51.1 Å². The Morgan fingerprint density at radius 2 is 2.10 bits per heavy atom. The number of halogens is 2. The zero-order valence-corrected chi connectivity index (χ0v) is 17.5. The Morgan fingerprint density at radius 1 is 1.39 bits per heavy atom. The first kappa shape index (κ1) is 22.9. The number of nitrogens with zero attached hydrogens (tertiary/aromatic N) is 1. The summed E-state index contributed by atoms with van der Waals surface area (Å²) in [7, 11) is 0. The monoisotopic (exact) mass is 441 g/mol. The van der Waals surface area contributed by atoms with Gasteiger partial charge in [-0.2, -0.15) is 8.78 Å². The normalized spacial score (nSPS) is 24.2. The Kier molecular flexibility index (Phi) is 5.96. The molecule has 0 spiro atoms. The highest BCUT2D eigenvalue weighted by molar-refractivity contribution is 5.79. The summed E-state index contributed by atoms with van der Waals surface area (Å²) in [5.74, 6) is -5.84. The molecule has 0 saturated heterocycles. The number of allylic oxidation sites excluding steroid dienone is 1. The highest BCUT2D eigenvalue weighted by atomic mass is 19.3. The number of alkyl halides is 2. The fraction of sp³-hybridized carbons (Fsp3) is 0.571. The number of rotatable bonds is 7. The van der Waals surface area contributed by atoms with Crippen molar-refractivity contribution in [1.29, 1.82) is 0 Å². The minimum atomic E-state index is -3.94. The SMILES string of the molecule is CC1=CCC2(O)C(C1)c1ccc(C(F)(F)C(=O)OCCCO[N+](=O)[O-])cc1OC2(C)C. The topological polar surface area (TPSA) is 108 Å². The summed E-state index contributed by atoms with van der Waals surface area (Å²) in [6, 6.07) is 3.70. The molecule has 1 aliphatic heterocycles. The Hall–Kier alpha value is -2.75. The van der Waals surface area contributed by atoms with Crippen molar-refractivity contribution < 1.29 is 38.1 Å². The van der Waals surface area contributed by atoms with Crippen LogP contribution in [0.3, 0.4) is 0 Å². The molecule has 1 aromatic carbocycles. The summed E-state index contributed by atoms with van der Waals surface area (Å²) in [5, 5.41) is 20.4. The van der Waals surface area contributed by atoms with E-state index in [0.29, 0.717) is 18.4 Å². The van der Waals surface area contributed by atoms with E-state index in [-0.39, 0.29) is 24.7 Å². The number of benzene rings is 1. The molecule has 1 heterocycles. The molecule has 10 heteroatoms. The zero-order valence-electron chi connectivity index (χ0n) is 17.5. The van der Waals surface area contributed by atoms with Crippen LogP contribution in [0.2, 0.25) is 0 Å². The van der Waals surface area contributed by atoms with Gasteiger partial charge in [0.15, 0.2) is 0 Å². The number of aliphatic hydroxyl groups is 1. The molecule has 1 aromatic rings. The molecule has 1 aliphatic carbocycles. The smallest absolute Gasteiger partial charge is 0.381 e. The predicted octanol–water partition coefficient (Wildman–Crippen LogP) is 3.65. The lowest BCUT2D eigenvalue weighted by molar-refractivity contribution is -0.757. The summed E-state index contributed by atoms with van der Waals surface area (Å²) in [6.07, 6.45) is 2.82. The van der Waals surface area contributed by atoms with E-state index in [1.165, 1.54) is 6.07 Å². The molecular formula is C21H25F2NO7. The Bertz CT molecular complexity index is 915. The van der Waals surface area contributed by atoms with Gasteiger partial charge in [0.2, 0.25) is 0 Å². The molecule has 2 aliphatic rings. The molecule has 0 fully saturated rings. The van der Waals surface area contributed by atoms with Gasteiger partial charge in [-0.1, -0.05) is 23.8 Å². The number of esters is 1. The number of carbonyl (C=O) groups is 1. The highest BCUT2D eigenvalue weighted by Crippen LogP contribution is 2.54. The van der Waals surface area contributed by atoms with Gasteiger partial charge in [-0.3, -0.25) is 0 Å². The molecule has 1 N–H and O–H groups in total. The number of hydrogen-bond acceptors (Lipinski definition) is 7. The van der Waals surface area contributed by atoms with Crippen LogP contribution in [0.1, 0.15) is 57.1 Å². The van der Waals surface area contributed by atoms with Crippen molar-refractivity contribution in [2.24, 2.45) is 0 Å². The zero-order chi connectivity index (χ0) is 23.0. The summed E-state index contributed by atoms with van der Waals surface area (Å²) >= 11 is 0. The van der Waals surface area contributed by atoms with E-state index in [0.717, 1.165) is 17.7 Å². The molecule has 0 amide bonds. The van der Waals surface area contributed by atoms with Crippen molar-refractivity contribution in [2.45, 2.75) is 63.1 Å². The molecule has 3 rings (SSSR count). The van der Waals surface area contributed by atoms with Crippen molar-refractivity contribution in [1.82, 2.24) is 0 Å². The molecular weight excluding hydrogens is 416 g/mol. The van der Waals surface area contributed by atoms with Crippen molar-refractivity contribution in [3.63, 3.8) is 0 Å². The van der Waals surface area contributed by atoms with Gasteiger partial charge in [0.25, 0.3) is 5.09 Å². The minimum absolute atomic E-state index is 0.0998. The van der Waals surface area contributed by atoms with Gasteiger partial charge in [0, 0.05) is 23.5 Å². The van der Waals surface area contributed by atoms with E-state index in [1.807, 2.05) is 13.0 Å². The van der Waals surface area contributed by atoms with Crippen LogP contribution in [0.4, 0.5) is 8.78 Å². The average molecular weight is 441 g/mol. The fourth-order valence-corrected chi connectivity index (χ4v) is 4.12. The van der Waals surface area contributed by atoms with Crippen LogP contribution in [0.5, 0.6) is 5.75 Å². The maximum atomic E-state index is 14.7. The van der Waals surface area contributed by atoms with E-state index in [4.69, 9.17) is 4.74 Å². The first-order valence-corrected chi connectivity index (χ1v) is 9.92. The van der Waals surface area contributed by atoms with Gasteiger partial charge in [-0.05, 0) is 39.7 Å². The molecule has 0 aromatic heterocycles. The standard InChI is InChI=1S/C21H25F2NO7/c1-13-7-8-20(26)16(11-13)15-6-5-14(12-17(15)31-19(20,2)3)21(22,23)18(25)29-9-4-10-30-24(27)28/h5-7,12,16,26H,4,8-11H2,1-3H3. The highest BCUT2D eigenvalue weighted by Gasteiger charge is 2.56. The second-order valence-electron chi connectivity index (χ2n) is 8.42. The molecule has 0 radical (unpaired) electrons. The molecule has 0 saturated carbocycles. The van der Waals surface area contributed by atoms with E-state index < -0.39 is 40.4 Å². The van der Waals surface area contributed by atoms with E-state index in [1.54, 1.807) is 13.8 Å². The lowest BCUT2D eigenvalue weighted by Gasteiger charge is -2.53. The van der Waals surface area contributed by atoms with Crippen LogP contribution in [0.15, 0.2) is 29.8 Å². The van der Waals surface area contributed by atoms with Gasteiger partial charge < -0.3 is 19.4 Å². The van der Waals surface area contributed by atoms with E-state index in [2.05, 4.69) is 9.57 Å². The fourth-order valence-electron chi connectivity index (χ4n) is 4.12. The Morgan fingerprint density at radius 3 is 2.77 bits per heavy atom. The molecule has 0 bridgehead atoms. The molecule has 2 unspecified atom stereocenters. The maximum absolute atomic E-state index is 14.7. The second kappa shape index (κ2) is 8.07. The summed E-state index contributed by atoms with van der Waals surface area (Å²) in [5.41, 5.74) is -1.11. The number of ether oxygens (including phenoxy) is 2. The minimum Gasteiger partial charge on any atom is -0.485 e. The average Bonchev–Trinajstić information content (AvgIpc) is 2.68. The molecule has 31 heavy (non-hydrogen) atoms. The van der Waals surface area contributed by atoms with Crippen molar-refractivity contribution in [3.8, 4) is 5.75 Å². The van der Waals surface area contributed by atoms with Crippen LogP contribution < -0.4 is 4.74 Å². The van der Waals surface area contributed by atoms with E-state index in [9.17, 15) is 28.8 Å². The Labute approximate surface area is 177 Å². The summed E-state index contributed by atoms with van der Waals surface area (Å²) in [4.78, 5) is 26.0. The van der Waals surface area contributed by atoms with Crippen LogP contribution in [-0.2, 0) is 20.3 Å². The number of fused-ring (bicyclic) bond motifs is 3. The summed E-state index contributed by atoms with van der Waals surface area (Å²) in [6.45, 7) is 4.56. The lowest BCUT2D eigenvalue weighted by Crippen LogP contribution is -2.60. The molecule has 8 nitrogen and oxygen atoms in total. The first-order chi connectivity index (χ1) is 14.4. The van der Waals surface area contributed by atoms with Gasteiger partial charge in [0.05, 0.1) is 13.2 Å². The van der Waals surface area contributed by atoms with Gasteiger partial charge in [-0.15, -0.1) is 10.1 Å². The van der Waals surface area contributed by atoms with E-state index >= 15 is 0 Å². The largest absolute Gasteiger partial charge is 0.485 e. The van der Waals surface area contributed by atoms with Crippen LogP contribution in [0, 0.1) is 10.1 Å². The number of carbonyl (C=O) groups excluding carboxylic acids is 1. The van der Waals surface area contributed by atoms with Gasteiger partial charge in [0.1, 0.15) is 17.0 Å². The van der Waals surface area contributed by atoms with Crippen molar-refractivity contribution >= 4 is 5.97 Å². The third kappa shape index (κ3) is 4.21. The second-order valence-corrected chi connectivity index (χ2v) is 8.42. The number of hydrogen-bond donors (Lipinski definition) is 1. The third-order valence-electron chi connectivity index (χ3n) is 6.00. The molecule has 170 valence electrons. The van der Waals surface area contributed by atoms with Crippen molar-refractivity contribution in [2.75, 3.05) is 13.2 Å². The van der Waals surface area contributed by atoms with Gasteiger partial charge in [-0.25, -0.2) is 4.79 Å². The first-order valence-electron chi connectivity index (χ1n) is 9.92. The lowest BCUT2D eigenvalue weighted by atomic mass is 9.63. The quantitative estimate of drug-likeness (QED) is 0.226. The maximum Gasteiger partial charge on any atom is 0.381 e.